The summed E-state index contributed by atoms with van der Waals surface area (Å²) in [7, 11) is 3.90. The van der Waals surface area contributed by atoms with E-state index in [1.54, 1.807) is 24.3 Å². The summed E-state index contributed by atoms with van der Waals surface area (Å²) in [6.07, 6.45) is 1.80. The van der Waals surface area contributed by atoms with E-state index in [4.69, 9.17) is 0 Å². The van der Waals surface area contributed by atoms with Crippen LogP contribution in [0.4, 0.5) is 11.4 Å². The third-order valence-corrected chi connectivity index (χ3v) is 5.76. The molecule has 3 rings (SSSR count). The van der Waals surface area contributed by atoms with Crippen LogP contribution in [0.3, 0.4) is 0 Å². The average molecular weight is 435 g/mol. The van der Waals surface area contributed by atoms with E-state index in [9.17, 15) is 14.7 Å². The van der Waals surface area contributed by atoms with E-state index in [-0.39, 0.29) is 11.5 Å². The van der Waals surface area contributed by atoms with E-state index >= 15 is 0 Å². The number of nitrogens with one attached hydrogen (secondary N) is 1. The Hall–Kier alpha value is -3.61. The first-order chi connectivity index (χ1) is 15.2. The van der Waals surface area contributed by atoms with Gasteiger partial charge in [-0.3, -0.25) is 9.48 Å². The van der Waals surface area contributed by atoms with Gasteiger partial charge in [-0.05, 0) is 69.5 Å². The molecule has 2 N–H and O–H groups in total. The summed E-state index contributed by atoms with van der Waals surface area (Å²) in [5.74, 6) is -1.31. The standard InChI is InChI=1S/C25H30N4O3/c1-16-8-6-9-19(14-16)24(30)26-22-15-20(25(31)32)11-12-23(22)28(4)13-7-10-21-17(2)27-29(5)18(21)3/h6,8-9,11-12,14-15H,7,10,13H2,1-5H3,(H,26,30)(H,31,32). The molecule has 0 saturated heterocycles. The van der Waals surface area contributed by atoms with Crippen LogP contribution in [0.25, 0.3) is 0 Å². The minimum absolute atomic E-state index is 0.128. The van der Waals surface area contributed by atoms with E-state index in [0.717, 1.165) is 36.3 Å². The number of carboxylic acids is 1. The van der Waals surface area contributed by atoms with Crippen LogP contribution in [0.2, 0.25) is 0 Å². The molecule has 0 aliphatic heterocycles. The Bertz CT molecular complexity index is 1150. The number of rotatable bonds is 8. The fourth-order valence-electron chi connectivity index (χ4n) is 3.88. The predicted octanol–water partition coefficient (Wildman–Crippen LogP) is 4.36. The highest BCUT2D eigenvalue weighted by atomic mass is 16.4. The number of hydrogen-bond donors (Lipinski definition) is 2. The quantitative estimate of drug-likeness (QED) is 0.550. The summed E-state index contributed by atoms with van der Waals surface area (Å²) < 4.78 is 1.90. The van der Waals surface area contributed by atoms with Crippen molar-refractivity contribution >= 4 is 23.3 Å². The van der Waals surface area contributed by atoms with Gasteiger partial charge in [-0.25, -0.2) is 4.79 Å². The molecule has 2 aromatic carbocycles. The number of nitrogens with zero attached hydrogens (tertiary/aromatic N) is 3. The number of carboxylic acid groups (broad SMARTS) is 1. The van der Waals surface area contributed by atoms with Gasteiger partial charge in [0.1, 0.15) is 0 Å². The lowest BCUT2D eigenvalue weighted by atomic mass is 10.1. The third kappa shape index (κ3) is 5.17. The SMILES string of the molecule is Cc1cccc(C(=O)Nc2cc(C(=O)O)ccc2N(C)CCCc2c(C)nn(C)c2C)c1. The van der Waals surface area contributed by atoms with Gasteiger partial charge in [-0.1, -0.05) is 17.7 Å². The van der Waals surface area contributed by atoms with Crippen LogP contribution >= 0.6 is 0 Å². The van der Waals surface area contributed by atoms with Crippen LogP contribution in [0.1, 0.15) is 49.7 Å². The molecule has 0 aliphatic rings. The minimum Gasteiger partial charge on any atom is -0.478 e. The molecule has 0 saturated carbocycles. The molecule has 0 atom stereocenters. The molecule has 0 unspecified atom stereocenters. The van der Waals surface area contributed by atoms with Crippen LogP contribution in [-0.4, -0.2) is 40.4 Å². The van der Waals surface area contributed by atoms with Crippen LogP contribution in [0.15, 0.2) is 42.5 Å². The molecule has 32 heavy (non-hydrogen) atoms. The largest absolute Gasteiger partial charge is 0.478 e. The molecule has 1 heterocycles. The lowest BCUT2D eigenvalue weighted by Gasteiger charge is -2.23. The van der Waals surface area contributed by atoms with Gasteiger partial charge < -0.3 is 15.3 Å². The number of carbonyl (C=O) groups is 2. The van der Waals surface area contributed by atoms with Gasteiger partial charge in [0.2, 0.25) is 0 Å². The van der Waals surface area contributed by atoms with Crippen molar-refractivity contribution < 1.29 is 14.7 Å². The molecule has 3 aromatic rings. The van der Waals surface area contributed by atoms with Crippen LogP contribution in [-0.2, 0) is 13.5 Å². The molecular weight excluding hydrogens is 404 g/mol. The second-order valence-corrected chi connectivity index (χ2v) is 8.16. The third-order valence-electron chi connectivity index (χ3n) is 5.76. The molecule has 0 bridgehead atoms. The monoisotopic (exact) mass is 434 g/mol. The van der Waals surface area contributed by atoms with Gasteiger partial charge in [0.15, 0.2) is 0 Å². The van der Waals surface area contributed by atoms with Crippen LogP contribution in [0, 0.1) is 20.8 Å². The Balaban J connectivity index is 1.78. The van der Waals surface area contributed by atoms with Gasteiger partial charge in [0.05, 0.1) is 22.6 Å². The Kier molecular flexibility index (Phi) is 6.98. The van der Waals surface area contributed by atoms with Crippen molar-refractivity contribution in [3.63, 3.8) is 0 Å². The summed E-state index contributed by atoms with van der Waals surface area (Å²) >= 11 is 0. The maximum Gasteiger partial charge on any atom is 0.335 e. The number of aromatic carboxylic acids is 1. The number of benzene rings is 2. The summed E-state index contributed by atoms with van der Waals surface area (Å²) in [5.41, 5.74) is 6.37. The molecule has 1 aromatic heterocycles. The zero-order valence-corrected chi connectivity index (χ0v) is 19.3. The van der Waals surface area contributed by atoms with Crippen molar-refractivity contribution in [2.45, 2.75) is 33.6 Å². The van der Waals surface area contributed by atoms with E-state index in [1.165, 1.54) is 17.3 Å². The molecule has 0 radical (unpaired) electrons. The molecular formula is C25H30N4O3. The summed E-state index contributed by atoms with van der Waals surface area (Å²) in [6, 6.07) is 12.1. The Labute approximate surface area is 188 Å². The molecule has 168 valence electrons. The van der Waals surface area contributed by atoms with Crippen LogP contribution < -0.4 is 10.2 Å². The second-order valence-electron chi connectivity index (χ2n) is 8.16. The molecule has 7 heteroatoms. The lowest BCUT2D eigenvalue weighted by Crippen LogP contribution is -2.22. The summed E-state index contributed by atoms with van der Waals surface area (Å²) in [5, 5.41) is 16.8. The normalized spacial score (nSPS) is 10.8. The topological polar surface area (TPSA) is 87.5 Å². The van der Waals surface area contributed by atoms with Gasteiger partial charge in [-0.2, -0.15) is 5.10 Å². The lowest BCUT2D eigenvalue weighted by molar-refractivity contribution is 0.0696. The highest BCUT2D eigenvalue weighted by molar-refractivity contribution is 6.06. The highest BCUT2D eigenvalue weighted by Gasteiger charge is 2.16. The first kappa shape index (κ1) is 23.1. The second kappa shape index (κ2) is 9.68. The van der Waals surface area contributed by atoms with Crippen molar-refractivity contribution in [1.82, 2.24) is 9.78 Å². The Morgan fingerprint density at radius 3 is 2.47 bits per heavy atom. The Morgan fingerprint density at radius 1 is 1.09 bits per heavy atom. The summed E-state index contributed by atoms with van der Waals surface area (Å²) in [6.45, 7) is 6.76. The van der Waals surface area contributed by atoms with Gasteiger partial charge in [0, 0.05) is 31.9 Å². The molecule has 7 nitrogen and oxygen atoms in total. The minimum atomic E-state index is -1.03. The van der Waals surface area contributed by atoms with Gasteiger partial charge >= 0.3 is 5.97 Å². The predicted molar refractivity (Wildman–Crippen MR) is 127 cm³/mol. The number of carbonyl (C=O) groups excluding carboxylic acids is 1. The first-order valence-electron chi connectivity index (χ1n) is 10.6. The van der Waals surface area contributed by atoms with Crippen molar-refractivity contribution in [1.29, 1.82) is 0 Å². The average Bonchev–Trinajstić information content (AvgIpc) is 2.99. The number of aryl methyl sites for hydroxylation is 3. The van der Waals surface area contributed by atoms with Crippen molar-refractivity contribution in [3.8, 4) is 0 Å². The van der Waals surface area contributed by atoms with E-state index in [0.29, 0.717) is 11.3 Å². The number of anilines is 2. The zero-order valence-electron chi connectivity index (χ0n) is 19.3. The van der Waals surface area contributed by atoms with Crippen molar-refractivity contribution in [2.75, 3.05) is 23.8 Å². The number of hydrogen-bond acceptors (Lipinski definition) is 4. The maximum atomic E-state index is 12.8. The van der Waals surface area contributed by atoms with E-state index in [1.807, 2.05) is 49.7 Å². The van der Waals surface area contributed by atoms with Gasteiger partial charge in [0.25, 0.3) is 5.91 Å². The van der Waals surface area contributed by atoms with E-state index in [2.05, 4.69) is 17.3 Å². The van der Waals surface area contributed by atoms with Crippen molar-refractivity contribution in [3.05, 3.63) is 76.1 Å². The van der Waals surface area contributed by atoms with Crippen molar-refractivity contribution in [2.24, 2.45) is 7.05 Å². The first-order valence-corrected chi connectivity index (χ1v) is 10.6. The number of aromatic nitrogens is 2. The summed E-state index contributed by atoms with van der Waals surface area (Å²) in [4.78, 5) is 26.3. The van der Waals surface area contributed by atoms with Gasteiger partial charge in [-0.15, -0.1) is 0 Å². The zero-order chi connectivity index (χ0) is 23.4. The molecule has 0 aliphatic carbocycles. The molecule has 0 spiro atoms. The van der Waals surface area contributed by atoms with Crippen LogP contribution in [0.5, 0.6) is 0 Å². The number of amides is 1. The fraction of sp³-hybridized carbons (Fsp3) is 0.320. The maximum absolute atomic E-state index is 12.8. The highest BCUT2D eigenvalue weighted by Crippen LogP contribution is 2.28. The van der Waals surface area contributed by atoms with E-state index < -0.39 is 5.97 Å². The fourth-order valence-corrected chi connectivity index (χ4v) is 3.88. The molecule has 1 amide bonds. The smallest absolute Gasteiger partial charge is 0.335 e. The molecule has 0 fully saturated rings. The Morgan fingerprint density at radius 2 is 1.84 bits per heavy atom.